The van der Waals surface area contributed by atoms with Crippen LogP contribution in [0.5, 0.6) is 5.75 Å². The lowest BCUT2D eigenvalue weighted by atomic mass is 10.1. The summed E-state index contributed by atoms with van der Waals surface area (Å²) in [6.07, 6.45) is 1.41. The fourth-order valence-electron chi connectivity index (χ4n) is 3.62. The van der Waals surface area contributed by atoms with Gasteiger partial charge >= 0.3 is 0 Å². The summed E-state index contributed by atoms with van der Waals surface area (Å²) in [5.74, 6) is 1.09. The van der Waals surface area contributed by atoms with Gasteiger partial charge in [-0.3, -0.25) is 4.79 Å². The summed E-state index contributed by atoms with van der Waals surface area (Å²) in [7, 11) is 0. The Morgan fingerprint density at radius 1 is 1.09 bits per heavy atom. The molecule has 0 aliphatic heterocycles. The molecule has 0 aliphatic carbocycles. The number of pyridine rings is 1. The molecule has 7 nitrogen and oxygen atoms in total. The Morgan fingerprint density at radius 3 is 2.62 bits per heavy atom. The van der Waals surface area contributed by atoms with Crippen molar-refractivity contribution in [1.82, 2.24) is 14.8 Å². The maximum absolute atomic E-state index is 12.7. The molecular formula is C25H23N5O2. The predicted octanol–water partition coefficient (Wildman–Crippen LogP) is 4.54. The van der Waals surface area contributed by atoms with Gasteiger partial charge in [0.05, 0.1) is 11.7 Å². The van der Waals surface area contributed by atoms with Crippen LogP contribution in [-0.2, 0) is 4.79 Å². The highest BCUT2D eigenvalue weighted by molar-refractivity contribution is 5.92. The molecule has 160 valence electrons. The Hall–Kier alpha value is -4.18. The number of para-hydroxylation sites is 1. The van der Waals surface area contributed by atoms with Gasteiger partial charge in [-0.1, -0.05) is 30.3 Å². The van der Waals surface area contributed by atoms with Crippen molar-refractivity contribution in [2.75, 3.05) is 11.9 Å². The van der Waals surface area contributed by atoms with Crippen LogP contribution < -0.4 is 10.1 Å². The molecule has 4 aromatic rings. The fourth-order valence-corrected chi connectivity index (χ4v) is 3.62. The van der Waals surface area contributed by atoms with E-state index < -0.39 is 0 Å². The van der Waals surface area contributed by atoms with Crippen LogP contribution in [0, 0.1) is 39.0 Å². The topological polar surface area (TPSA) is 92.8 Å². The van der Waals surface area contributed by atoms with Gasteiger partial charge in [0, 0.05) is 5.39 Å². The number of nitriles is 1. The van der Waals surface area contributed by atoms with Crippen LogP contribution in [0.1, 0.15) is 27.8 Å². The lowest BCUT2D eigenvalue weighted by molar-refractivity contribution is -0.118. The number of nitrogens with one attached hydrogen (secondary N) is 1. The summed E-state index contributed by atoms with van der Waals surface area (Å²) in [5.41, 5.74) is 5.12. The number of hydrogen-bond donors (Lipinski definition) is 1. The minimum Gasteiger partial charge on any atom is -0.483 e. The summed E-state index contributed by atoms with van der Waals surface area (Å²) in [6.45, 7) is 7.70. The van der Waals surface area contributed by atoms with Crippen molar-refractivity contribution in [3.63, 3.8) is 0 Å². The molecule has 4 rings (SSSR count). The predicted molar refractivity (Wildman–Crippen MR) is 123 cm³/mol. The van der Waals surface area contributed by atoms with Gasteiger partial charge in [-0.2, -0.15) is 15.0 Å². The molecule has 0 fully saturated rings. The molecule has 2 heterocycles. The second-order valence-electron chi connectivity index (χ2n) is 7.74. The Morgan fingerprint density at radius 2 is 1.84 bits per heavy atom. The number of carbonyl (C=O) groups excluding carboxylic acids is 1. The van der Waals surface area contributed by atoms with Gasteiger partial charge in [-0.25, -0.2) is 4.98 Å². The van der Waals surface area contributed by atoms with Crippen molar-refractivity contribution in [2.45, 2.75) is 27.7 Å². The third-order valence-corrected chi connectivity index (χ3v) is 5.50. The molecule has 2 aromatic carbocycles. The van der Waals surface area contributed by atoms with E-state index in [0.717, 1.165) is 33.2 Å². The quantitative estimate of drug-likeness (QED) is 0.507. The van der Waals surface area contributed by atoms with Gasteiger partial charge < -0.3 is 10.1 Å². The van der Waals surface area contributed by atoms with E-state index in [0.29, 0.717) is 11.6 Å². The second-order valence-corrected chi connectivity index (χ2v) is 7.74. The third kappa shape index (κ3) is 3.91. The lowest BCUT2D eigenvalue weighted by Gasteiger charge is -2.14. The first-order chi connectivity index (χ1) is 15.4. The summed E-state index contributed by atoms with van der Waals surface area (Å²) >= 11 is 0. The number of carbonyl (C=O) groups is 1. The average Bonchev–Trinajstić information content (AvgIpc) is 3.18. The molecule has 0 saturated carbocycles. The van der Waals surface area contributed by atoms with E-state index in [2.05, 4.69) is 21.5 Å². The Balaban J connectivity index is 1.62. The monoisotopic (exact) mass is 425 g/mol. The van der Waals surface area contributed by atoms with E-state index in [-0.39, 0.29) is 23.9 Å². The van der Waals surface area contributed by atoms with Gasteiger partial charge in [0.2, 0.25) is 0 Å². The smallest absolute Gasteiger partial charge is 0.263 e. The molecule has 1 N–H and O–H groups in total. The minimum absolute atomic E-state index is 0.189. The highest BCUT2D eigenvalue weighted by Crippen LogP contribution is 2.26. The number of nitrogens with zero attached hydrogens (tertiary/aromatic N) is 4. The SMILES string of the molecule is Cc1ccc(C)c(OCC(=O)Nc2c(C#N)cnn2-c2cc(C)c3ccccc3n2)c1C. The van der Waals surface area contributed by atoms with Gasteiger partial charge in [0.15, 0.2) is 18.2 Å². The maximum Gasteiger partial charge on any atom is 0.263 e. The first-order valence-corrected chi connectivity index (χ1v) is 10.2. The van der Waals surface area contributed by atoms with Crippen molar-refractivity contribution in [3.8, 4) is 17.6 Å². The number of hydrogen-bond acceptors (Lipinski definition) is 5. The second kappa shape index (κ2) is 8.52. The molecule has 0 spiro atoms. The minimum atomic E-state index is -0.388. The number of ether oxygens (including phenoxy) is 1. The molecular weight excluding hydrogens is 402 g/mol. The number of anilines is 1. The number of fused-ring (bicyclic) bond motifs is 1. The van der Waals surface area contributed by atoms with Crippen molar-refractivity contribution in [1.29, 1.82) is 5.26 Å². The zero-order chi connectivity index (χ0) is 22.8. The molecule has 0 aliphatic rings. The molecule has 0 bridgehead atoms. The number of aromatic nitrogens is 3. The summed E-state index contributed by atoms with van der Waals surface area (Å²) < 4.78 is 7.29. The van der Waals surface area contributed by atoms with Gasteiger partial charge in [-0.15, -0.1) is 0 Å². The van der Waals surface area contributed by atoms with Crippen LogP contribution in [0.2, 0.25) is 0 Å². The molecule has 0 radical (unpaired) electrons. The van der Waals surface area contributed by atoms with E-state index >= 15 is 0 Å². The molecule has 0 saturated heterocycles. The van der Waals surface area contributed by atoms with Crippen LogP contribution in [-0.4, -0.2) is 27.3 Å². The largest absolute Gasteiger partial charge is 0.483 e. The number of benzene rings is 2. The van der Waals surface area contributed by atoms with E-state index in [1.807, 2.05) is 70.2 Å². The van der Waals surface area contributed by atoms with Crippen molar-refractivity contribution in [2.24, 2.45) is 0 Å². The molecule has 0 unspecified atom stereocenters. The molecule has 2 aromatic heterocycles. The highest BCUT2D eigenvalue weighted by atomic mass is 16.5. The molecule has 1 amide bonds. The lowest BCUT2D eigenvalue weighted by Crippen LogP contribution is -2.23. The molecule has 7 heteroatoms. The Bertz CT molecular complexity index is 1380. The molecule has 32 heavy (non-hydrogen) atoms. The average molecular weight is 425 g/mol. The van der Waals surface area contributed by atoms with Crippen LogP contribution in [0.4, 0.5) is 5.82 Å². The maximum atomic E-state index is 12.7. The van der Waals surface area contributed by atoms with Crippen LogP contribution in [0.15, 0.2) is 48.7 Å². The number of aryl methyl sites for hydroxylation is 3. The first kappa shape index (κ1) is 21.1. The van der Waals surface area contributed by atoms with Crippen LogP contribution >= 0.6 is 0 Å². The zero-order valence-electron chi connectivity index (χ0n) is 18.4. The van der Waals surface area contributed by atoms with Gasteiger partial charge in [-0.05, 0) is 62.1 Å². The Kier molecular flexibility index (Phi) is 5.61. The highest BCUT2D eigenvalue weighted by Gasteiger charge is 2.18. The summed E-state index contributed by atoms with van der Waals surface area (Å²) in [4.78, 5) is 17.4. The van der Waals surface area contributed by atoms with E-state index in [4.69, 9.17) is 4.74 Å². The Labute approximate surface area is 186 Å². The molecule has 0 atom stereocenters. The summed E-state index contributed by atoms with van der Waals surface area (Å²) in [5, 5.41) is 17.6. The third-order valence-electron chi connectivity index (χ3n) is 5.50. The van der Waals surface area contributed by atoms with Gasteiger partial charge in [0.1, 0.15) is 17.4 Å². The number of rotatable bonds is 5. The van der Waals surface area contributed by atoms with Crippen LogP contribution in [0.3, 0.4) is 0 Å². The normalized spacial score (nSPS) is 10.7. The van der Waals surface area contributed by atoms with E-state index in [1.165, 1.54) is 10.9 Å². The van der Waals surface area contributed by atoms with Crippen LogP contribution in [0.25, 0.3) is 16.7 Å². The number of amides is 1. The van der Waals surface area contributed by atoms with E-state index in [1.54, 1.807) is 0 Å². The summed E-state index contributed by atoms with van der Waals surface area (Å²) in [6, 6.07) is 15.7. The van der Waals surface area contributed by atoms with Crippen molar-refractivity contribution >= 4 is 22.6 Å². The first-order valence-electron chi connectivity index (χ1n) is 10.2. The fraction of sp³-hybridized carbons (Fsp3) is 0.200. The standard InChI is InChI=1S/C25H23N5O2/c1-15-9-10-16(2)24(18(15)4)32-14-23(31)29-25-19(12-26)13-27-30(25)22-11-17(3)20-7-5-6-8-21(20)28-22/h5-11,13H,14H2,1-4H3,(H,29,31). The van der Waals surface area contributed by atoms with Crippen molar-refractivity contribution < 1.29 is 9.53 Å². The van der Waals surface area contributed by atoms with Gasteiger partial charge in [0.25, 0.3) is 5.91 Å². The zero-order valence-corrected chi connectivity index (χ0v) is 18.4. The van der Waals surface area contributed by atoms with E-state index in [9.17, 15) is 10.1 Å². The van der Waals surface area contributed by atoms with Crippen molar-refractivity contribution in [3.05, 3.63) is 76.5 Å².